The Kier molecular flexibility index (Phi) is 4.95. The van der Waals surface area contributed by atoms with Gasteiger partial charge in [-0.05, 0) is 11.2 Å². The van der Waals surface area contributed by atoms with Crippen LogP contribution in [0, 0.1) is 10.7 Å². The molecule has 0 saturated carbocycles. The van der Waals surface area contributed by atoms with Gasteiger partial charge in [-0.1, -0.05) is 42.5 Å². The quantitative estimate of drug-likeness (QED) is 0.488. The Morgan fingerprint density at radius 2 is 2.14 bits per heavy atom. The fourth-order valence-corrected chi connectivity index (χ4v) is 2.15. The SMILES string of the molecule is C=Cc1c(C=O)nc(Cl)c(F)c1NCc1ccccc1N=O. The molecule has 5 nitrogen and oxygen atoms in total. The summed E-state index contributed by atoms with van der Waals surface area (Å²) < 4.78 is 14.1. The molecule has 0 spiro atoms. The predicted molar refractivity (Wildman–Crippen MR) is 83.9 cm³/mol. The highest BCUT2D eigenvalue weighted by molar-refractivity contribution is 6.30. The maximum absolute atomic E-state index is 14.1. The van der Waals surface area contributed by atoms with E-state index in [1.54, 1.807) is 24.3 Å². The van der Waals surface area contributed by atoms with Crippen LogP contribution in [0.3, 0.4) is 0 Å². The Morgan fingerprint density at radius 1 is 1.41 bits per heavy atom. The Labute approximate surface area is 130 Å². The number of anilines is 1. The van der Waals surface area contributed by atoms with E-state index >= 15 is 0 Å². The van der Waals surface area contributed by atoms with Gasteiger partial charge >= 0.3 is 0 Å². The molecule has 7 heteroatoms. The van der Waals surface area contributed by atoms with Crippen LogP contribution in [0.1, 0.15) is 21.6 Å². The third-order valence-electron chi connectivity index (χ3n) is 3.03. The summed E-state index contributed by atoms with van der Waals surface area (Å²) in [5, 5.41) is 5.29. The van der Waals surface area contributed by atoms with Crippen molar-refractivity contribution < 1.29 is 9.18 Å². The first-order valence-corrected chi connectivity index (χ1v) is 6.62. The molecule has 0 amide bonds. The van der Waals surface area contributed by atoms with Crippen LogP contribution in [0.25, 0.3) is 6.08 Å². The summed E-state index contributed by atoms with van der Waals surface area (Å²) in [7, 11) is 0. The molecular formula is C15H11ClFN3O2. The second kappa shape index (κ2) is 6.91. The molecule has 0 unspecified atom stereocenters. The number of hydrogen-bond donors (Lipinski definition) is 1. The van der Waals surface area contributed by atoms with Crippen molar-refractivity contribution in [2.45, 2.75) is 6.54 Å². The number of aromatic nitrogens is 1. The zero-order chi connectivity index (χ0) is 16.1. The molecule has 0 aliphatic heterocycles. The van der Waals surface area contributed by atoms with E-state index in [0.717, 1.165) is 0 Å². The van der Waals surface area contributed by atoms with Crippen LogP contribution < -0.4 is 5.32 Å². The summed E-state index contributed by atoms with van der Waals surface area (Å²) in [5.74, 6) is -0.793. The van der Waals surface area contributed by atoms with Crippen molar-refractivity contribution in [1.82, 2.24) is 4.98 Å². The normalized spacial score (nSPS) is 10.1. The number of nitrogens with one attached hydrogen (secondary N) is 1. The average Bonchev–Trinajstić information content (AvgIpc) is 2.55. The van der Waals surface area contributed by atoms with Crippen LogP contribution >= 0.6 is 11.6 Å². The molecule has 22 heavy (non-hydrogen) atoms. The minimum Gasteiger partial charge on any atom is -0.378 e. The minimum atomic E-state index is -0.793. The average molecular weight is 320 g/mol. The number of carbonyl (C=O) groups is 1. The molecular weight excluding hydrogens is 309 g/mol. The Balaban J connectivity index is 2.41. The van der Waals surface area contributed by atoms with Crippen molar-refractivity contribution in [1.29, 1.82) is 0 Å². The highest BCUT2D eigenvalue weighted by atomic mass is 35.5. The van der Waals surface area contributed by atoms with Crippen molar-refractivity contribution in [2.24, 2.45) is 5.18 Å². The molecule has 1 heterocycles. The van der Waals surface area contributed by atoms with E-state index in [2.05, 4.69) is 22.1 Å². The summed E-state index contributed by atoms with van der Waals surface area (Å²) >= 11 is 5.68. The van der Waals surface area contributed by atoms with Gasteiger partial charge in [-0.25, -0.2) is 9.37 Å². The molecule has 0 saturated heterocycles. The summed E-state index contributed by atoms with van der Waals surface area (Å²) in [6.45, 7) is 3.67. The van der Waals surface area contributed by atoms with Crippen LogP contribution in [-0.4, -0.2) is 11.3 Å². The highest BCUT2D eigenvalue weighted by Gasteiger charge is 2.17. The fraction of sp³-hybridized carbons (Fsp3) is 0.0667. The number of benzene rings is 1. The molecule has 0 fully saturated rings. The lowest BCUT2D eigenvalue weighted by atomic mass is 10.1. The molecule has 0 aliphatic rings. The number of carbonyl (C=O) groups excluding carboxylic acids is 1. The van der Waals surface area contributed by atoms with E-state index in [1.807, 2.05) is 0 Å². The zero-order valence-corrected chi connectivity index (χ0v) is 12.1. The number of nitrogens with zero attached hydrogens (tertiary/aromatic N) is 2. The number of rotatable bonds is 6. The van der Waals surface area contributed by atoms with E-state index in [0.29, 0.717) is 11.8 Å². The number of nitroso groups, excluding NO2 is 1. The minimum absolute atomic E-state index is 0.00204. The maximum Gasteiger partial charge on any atom is 0.184 e. The first-order chi connectivity index (χ1) is 10.6. The topological polar surface area (TPSA) is 71.4 Å². The molecule has 0 bridgehead atoms. The summed E-state index contributed by atoms with van der Waals surface area (Å²) in [4.78, 5) is 25.4. The highest BCUT2D eigenvalue weighted by Crippen LogP contribution is 2.29. The lowest BCUT2D eigenvalue weighted by Gasteiger charge is -2.13. The summed E-state index contributed by atoms with van der Waals surface area (Å²) in [6, 6.07) is 6.63. The van der Waals surface area contributed by atoms with E-state index in [9.17, 15) is 14.1 Å². The van der Waals surface area contributed by atoms with Crippen LogP contribution in [0.2, 0.25) is 5.15 Å². The standard InChI is InChI=1S/C15H11ClFN3O2/c1-2-10-12(8-21)19-15(16)13(17)14(10)18-7-9-5-3-4-6-11(9)20-22/h2-6,8H,1,7H2,(H,18,19). The van der Waals surface area contributed by atoms with Gasteiger partial charge in [0, 0.05) is 17.7 Å². The van der Waals surface area contributed by atoms with Gasteiger partial charge in [0.05, 0.1) is 5.69 Å². The molecule has 1 N–H and O–H groups in total. The van der Waals surface area contributed by atoms with Gasteiger partial charge in [0.25, 0.3) is 0 Å². The van der Waals surface area contributed by atoms with Gasteiger partial charge in [0.2, 0.25) is 0 Å². The van der Waals surface area contributed by atoms with Crippen molar-refractivity contribution >= 4 is 35.3 Å². The number of pyridine rings is 1. The largest absolute Gasteiger partial charge is 0.378 e. The molecule has 0 aliphatic carbocycles. The Morgan fingerprint density at radius 3 is 2.77 bits per heavy atom. The van der Waals surface area contributed by atoms with Gasteiger partial charge in [-0.15, -0.1) is 4.91 Å². The zero-order valence-electron chi connectivity index (χ0n) is 11.3. The lowest BCUT2D eigenvalue weighted by molar-refractivity contribution is 0.111. The molecule has 0 radical (unpaired) electrons. The van der Waals surface area contributed by atoms with E-state index in [-0.39, 0.29) is 29.2 Å². The third kappa shape index (κ3) is 3.01. The number of aldehydes is 1. The van der Waals surface area contributed by atoms with E-state index in [1.165, 1.54) is 6.08 Å². The molecule has 2 aromatic rings. The van der Waals surface area contributed by atoms with Crippen LogP contribution in [-0.2, 0) is 6.54 Å². The molecule has 1 aromatic heterocycles. The molecule has 0 atom stereocenters. The summed E-state index contributed by atoms with van der Waals surface area (Å²) in [6.07, 6.45) is 1.77. The van der Waals surface area contributed by atoms with Crippen molar-refractivity contribution in [3.05, 3.63) is 63.5 Å². The van der Waals surface area contributed by atoms with Crippen LogP contribution in [0.4, 0.5) is 15.8 Å². The number of halogens is 2. The van der Waals surface area contributed by atoms with Gasteiger partial charge < -0.3 is 5.32 Å². The van der Waals surface area contributed by atoms with E-state index < -0.39 is 11.0 Å². The number of hydrogen-bond acceptors (Lipinski definition) is 5. The monoisotopic (exact) mass is 319 g/mol. The van der Waals surface area contributed by atoms with Crippen LogP contribution in [0.5, 0.6) is 0 Å². The second-order valence-electron chi connectivity index (χ2n) is 4.29. The Bertz CT molecular complexity index is 750. The van der Waals surface area contributed by atoms with Gasteiger partial charge in [0.15, 0.2) is 17.3 Å². The Hall–Kier alpha value is -2.60. The van der Waals surface area contributed by atoms with Gasteiger partial charge in [0.1, 0.15) is 11.4 Å². The second-order valence-corrected chi connectivity index (χ2v) is 4.64. The predicted octanol–water partition coefficient (Wildman–Crippen LogP) is 4.34. The maximum atomic E-state index is 14.1. The molecule has 112 valence electrons. The lowest BCUT2D eigenvalue weighted by Crippen LogP contribution is -2.07. The van der Waals surface area contributed by atoms with Crippen molar-refractivity contribution in [3.8, 4) is 0 Å². The molecule has 2 rings (SSSR count). The molecule has 1 aromatic carbocycles. The van der Waals surface area contributed by atoms with Crippen molar-refractivity contribution in [3.63, 3.8) is 0 Å². The van der Waals surface area contributed by atoms with E-state index in [4.69, 9.17) is 11.6 Å². The third-order valence-corrected chi connectivity index (χ3v) is 3.28. The van der Waals surface area contributed by atoms with Gasteiger partial charge in [-0.3, -0.25) is 4.79 Å². The van der Waals surface area contributed by atoms with Crippen molar-refractivity contribution in [2.75, 3.05) is 5.32 Å². The van der Waals surface area contributed by atoms with Gasteiger partial charge in [-0.2, -0.15) is 0 Å². The van der Waals surface area contributed by atoms with Crippen LogP contribution in [0.15, 0.2) is 36.0 Å². The first kappa shape index (κ1) is 15.8. The fourth-order valence-electron chi connectivity index (χ4n) is 1.97. The summed E-state index contributed by atoms with van der Waals surface area (Å²) in [5.41, 5.74) is 0.996. The first-order valence-electron chi connectivity index (χ1n) is 6.24. The smallest absolute Gasteiger partial charge is 0.184 e.